The molecule has 1 N–H and O–H groups in total. The van der Waals surface area contributed by atoms with Crippen molar-refractivity contribution in [1.82, 2.24) is 14.8 Å². The van der Waals surface area contributed by atoms with E-state index in [9.17, 15) is 13.2 Å². The van der Waals surface area contributed by atoms with E-state index in [1.807, 2.05) is 17.0 Å². The lowest BCUT2D eigenvalue weighted by molar-refractivity contribution is -0.137. The Labute approximate surface area is 135 Å². The van der Waals surface area contributed by atoms with Gasteiger partial charge in [0.2, 0.25) is 0 Å². The molecular weight excluding hydrogens is 318 g/mol. The summed E-state index contributed by atoms with van der Waals surface area (Å²) in [6.07, 6.45) is 3.57. The van der Waals surface area contributed by atoms with Crippen LogP contribution >= 0.6 is 0 Å². The van der Waals surface area contributed by atoms with Crippen molar-refractivity contribution in [3.63, 3.8) is 0 Å². The zero-order valence-corrected chi connectivity index (χ0v) is 13.7. The number of piperazine rings is 1. The third-order valence-electron chi connectivity index (χ3n) is 4.63. The minimum Gasteiger partial charge on any atom is -0.481 e. The summed E-state index contributed by atoms with van der Waals surface area (Å²) in [7, 11) is -3.07. The highest BCUT2D eigenvalue weighted by molar-refractivity contribution is 7.91. The fourth-order valence-electron chi connectivity index (χ4n) is 3.54. The second-order valence-electron chi connectivity index (χ2n) is 6.22. The molecule has 0 spiro atoms. The molecule has 1 aromatic heterocycles. The van der Waals surface area contributed by atoms with Gasteiger partial charge in [-0.2, -0.15) is 0 Å². The Morgan fingerprint density at radius 1 is 1.26 bits per heavy atom. The van der Waals surface area contributed by atoms with Crippen molar-refractivity contribution in [2.75, 3.05) is 31.1 Å². The number of rotatable bonds is 5. The predicted molar refractivity (Wildman–Crippen MR) is 84.7 cm³/mol. The smallest absolute Gasteiger partial charge is 0.304 e. The first-order valence-corrected chi connectivity index (χ1v) is 9.56. The molecule has 3 rings (SSSR count). The van der Waals surface area contributed by atoms with Crippen LogP contribution in [0.5, 0.6) is 0 Å². The summed E-state index contributed by atoms with van der Waals surface area (Å²) in [5, 5.41) is 8.87. The first-order valence-electron chi connectivity index (χ1n) is 7.74. The standard InChI is InChI=1S/C15H21N3O4S/c19-15(20)3-5-17-6-7-18(9-12-2-1-4-16-8-12)14-11-23(21,22)10-13(14)17/h1-2,4,8,13-14H,3,5-7,9-11H2,(H,19,20)/t13-,14+/m1/s1. The van der Waals surface area contributed by atoms with Crippen molar-refractivity contribution in [2.24, 2.45) is 0 Å². The van der Waals surface area contributed by atoms with E-state index in [0.717, 1.165) is 12.1 Å². The highest BCUT2D eigenvalue weighted by atomic mass is 32.2. The molecule has 0 aromatic carbocycles. The number of aliphatic carboxylic acids is 1. The molecule has 1 aromatic rings. The molecule has 0 saturated carbocycles. The summed E-state index contributed by atoms with van der Waals surface area (Å²) < 4.78 is 24.2. The van der Waals surface area contributed by atoms with Gasteiger partial charge in [-0.3, -0.25) is 19.6 Å². The number of hydrogen-bond donors (Lipinski definition) is 1. The van der Waals surface area contributed by atoms with Gasteiger partial charge in [0.1, 0.15) is 0 Å². The highest BCUT2D eigenvalue weighted by Gasteiger charge is 2.46. The minimum absolute atomic E-state index is 0.0475. The van der Waals surface area contributed by atoms with Crippen LogP contribution < -0.4 is 0 Å². The lowest BCUT2D eigenvalue weighted by Crippen LogP contribution is -2.58. The predicted octanol–water partition coefficient (Wildman–Crippen LogP) is -0.160. The molecule has 2 fully saturated rings. The molecule has 0 unspecified atom stereocenters. The van der Waals surface area contributed by atoms with Crippen molar-refractivity contribution in [3.05, 3.63) is 30.1 Å². The molecule has 2 aliphatic rings. The first kappa shape index (κ1) is 16.4. The van der Waals surface area contributed by atoms with Gasteiger partial charge >= 0.3 is 5.97 Å². The first-order chi connectivity index (χ1) is 10.9. The number of carboxylic acids is 1. The van der Waals surface area contributed by atoms with Crippen molar-refractivity contribution in [3.8, 4) is 0 Å². The molecule has 8 heteroatoms. The van der Waals surface area contributed by atoms with E-state index < -0.39 is 15.8 Å². The minimum atomic E-state index is -3.07. The monoisotopic (exact) mass is 339 g/mol. The third-order valence-corrected chi connectivity index (χ3v) is 6.33. The van der Waals surface area contributed by atoms with Crippen LogP contribution in [0.15, 0.2) is 24.5 Å². The van der Waals surface area contributed by atoms with Gasteiger partial charge in [0, 0.05) is 50.7 Å². The van der Waals surface area contributed by atoms with E-state index in [1.54, 1.807) is 12.4 Å². The molecule has 0 radical (unpaired) electrons. The summed E-state index contributed by atoms with van der Waals surface area (Å²) in [5.74, 6) is -0.567. The second-order valence-corrected chi connectivity index (χ2v) is 8.38. The molecule has 2 saturated heterocycles. The fraction of sp³-hybridized carbons (Fsp3) is 0.600. The Morgan fingerprint density at radius 3 is 2.61 bits per heavy atom. The summed E-state index contributed by atoms with van der Waals surface area (Å²) in [6, 6.07) is 3.69. The van der Waals surface area contributed by atoms with Gasteiger partial charge in [0.25, 0.3) is 0 Å². The Balaban J connectivity index is 1.74. The summed E-state index contributed by atoms with van der Waals surface area (Å²) in [5.41, 5.74) is 1.06. The van der Waals surface area contributed by atoms with Crippen LogP contribution in [0.2, 0.25) is 0 Å². The maximum absolute atomic E-state index is 12.1. The zero-order valence-electron chi connectivity index (χ0n) is 12.8. The molecule has 126 valence electrons. The van der Waals surface area contributed by atoms with Crippen molar-refractivity contribution < 1.29 is 18.3 Å². The summed E-state index contributed by atoms with van der Waals surface area (Å²) in [4.78, 5) is 19.1. The van der Waals surface area contributed by atoms with Gasteiger partial charge in [0.15, 0.2) is 9.84 Å². The number of nitrogens with zero attached hydrogens (tertiary/aromatic N) is 3. The average Bonchev–Trinajstić information content (AvgIpc) is 2.83. The molecule has 23 heavy (non-hydrogen) atoms. The molecule has 2 atom stereocenters. The van der Waals surface area contributed by atoms with Crippen LogP contribution in [0.1, 0.15) is 12.0 Å². The van der Waals surface area contributed by atoms with Gasteiger partial charge < -0.3 is 5.11 Å². The van der Waals surface area contributed by atoms with Gasteiger partial charge in [-0.05, 0) is 11.6 Å². The van der Waals surface area contributed by atoms with E-state index in [1.165, 1.54) is 0 Å². The Morgan fingerprint density at radius 2 is 1.96 bits per heavy atom. The molecular formula is C15H21N3O4S. The Bertz CT molecular complexity index is 665. The van der Waals surface area contributed by atoms with E-state index in [-0.39, 0.29) is 30.0 Å². The van der Waals surface area contributed by atoms with Gasteiger partial charge in [0.05, 0.1) is 17.9 Å². The molecule has 2 aliphatic heterocycles. The van der Waals surface area contributed by atoms with Crippen LogP contribution in [0.25, 0.3) is 0 Å². The molecule has 0 bridgehead atoms. The van der Waals surface area contributed by atoms with Crippen LogP contribution in [0.4, 0.5) is 0 Å². The van der Waals surface area contributed by atoms with E-state index in [0.29, 0.717) is 19.6 Å². The molecule has 0 amide bonds. The molecule has 3 heterocycles. The molecule has 7 nitrogen and oxygen atoms in total. The van der Waals surface area contributed by atoms with E-state index in [4.69, 9.17) is 5.11 Å². The Kier molecular flexibility index (Phi) is 4.65. The number of carbonyl (C=O) groups is 1. The molecule has 0 aliphatic carbocycles. The van der Waals surface area contributed by atoms with Crippen LogP contribution in [-0.2, 0) is 21.2 Å². The maximum atomic E-state index is 12.1. The van der Waals surface area contributed by atoms with E-state index in [2.05, 4.69) is 9.88 Å². The number of sulfone groups is 1. The number of fused-ring (bicyclic) bond motifs is 1. The van der Waals surface area contributed by atoms with Gasteiger partial charge in [-0.1, -0.05) is 6.07 Å². The maximum Gasteiger partial charge on any atom is 0.304 e. The Hall–Kier alpha value is -1.51. The largest absolute Gasteiger partial charge is 0.481 e. The van der Waals surface area contributed by atoms with Crippen LogP contribution in [0.3, 0.4) is 0 Å². The summed E-state index contributed by atoms with van der Waals surface area (Å²) >= 11 is 0. The highest BCUT2D eigenvalue weighted by Crippen LogP contribution is 2.28. The van der Waals surface area contributed by atoms with Crippen molar-refractivity contribution in [2.45, 2.75) is 25.0 Å². The zero-order chi connectivity index (χ0) is 16.4. The van der Waals surface area contributed by atoms with Crippen LogP contribution in [-0.4, -0.2) is 77.5 Å². The number of carboxylic acid groups (broad SMARTS) is 1. The van der Waals surface area contributed by atoms with Crippen molar-refractivity contribution >= 4 is 15.8 Å². The normalized spacial score (nSPS) is 27.7. The number of pyridine rings is 1. The van der Waals surface area contributed by atoms with Crippen LogP contribution in [0, 0.1) is 0 Å². The van der Waals surface area contributed by atoms with Gasteiger partial charge in [-0.15, -0.1) is 0 Å². The fourth-order valence-corrected chi connectivity index (χ4v) is 5.58. The number of aromatic nitrogens is 1. The second kappa shape index (κ2) is 6.54. The SMILES string of the molecule is O=C(O)CCN1CCN(Cc2cccnc2)[C@H]2CS(=O)(=O)C[C@H]21. The third kappa shape index (κ3) is 3.88. The topological polar surface area (TPSA) is 90.8 Å². The summed E-state index contributed by atoms with van der Waals surface area (Å²) in [6.45, 7) is 2.53. The number of hydrogen-bond acceptors (Lipinski definition) is 6. The quantitative estimate of drug-likeness (QED) is 0.797. The lowest BCUT2D eigenvalue weighted by Gasteiger charge is -2.43. The van der Waals surface area contributed by atoms with Gasteiger partial charge in [-0.25, -0.2) is 8.42 Å². The van der Waals surface area contributed by atoms with Crippen molar-refractivity contribution in [1.29, 1.82) is 0 Å². The van der Waals surface area contributed by atoms with E-state index >= 15 is 0 Å². The lowest BCUT2D eigenvalue weighted by atomic mass is 10.0. The average molecular weight is 339 g/mol.